The monoisotopic (exact) mass is 292 g/mol. The fourth-order valence-electron chi connectivity index (χ4n) is 1.88. The van der Waals surface area contributed by atoms with Crippen LogP contribution in [0.1, 0.15) is 20.3 Å². The SMILES string of the molecule is CC(C)[C@H](NC(=O)N1CCCS(=O)(=O)CC1)C(=O)O. The van der Waals surface area contributed by atoms with Gasteiger partial charge in [-0.2, -0.15) is 0 Å². The van der Waals surface area contributed by atoms with Crippen LogP contribution >= 0.6 is 0 Å². The number of rotatable bonds is 3. The first-order valence-corrected chi connectivity index (χ1v) is 8.04. The maximum absolute atomic E-state index is 11.9. The van der Waals surface area contributed by atoms with E-state index in [4.69, 9.17) is 5.11 Å². The molecule has 1 aliphatic heterocycles. The number of sulfone groups is 1. The van der Waals surface area contributed by atoms with Gasteiger partial charge in [0.05, 0.1) is 11.5 Å². The van der Waals surface area contributed by atoms with Crippen molar-refractivity contribution >= 4 is 21.8 Å². The Balaban J connectivity index is 2.65. The van der Waals surface area contributed by atoms with Gasteiger partial charge < -0.3 is 15.3 Å². The van der Waals surface area contributed by atoms with Gasteiger partial charge in [0.1, 0.15) is 6.04 Å². The molecule has 19 heavy (non-hydrogen) atoms. The molecule has 1 rings (SSSR count). The second kappa shape index (κ2) is 6.23. The summed E-state index contributed by atoms with van der Waals surface area (Å²) in [7, 11) is -3.08. The van der Waals surface area contributed by atoms with Crippen LogP contribution < -0.4 is 5.32 Å². The molecule has 1 atom stereocenters. The van der Waals surface area contributed by atoms with Crippen LogP contribution in [0.15, 0.2) is 0 Å². The molecule has 2 amide bonds. The Labute approximate surface area is 112 Å². The maximum Gasteiger partial charge on any atom is 0.326 e. The minimum absolute atomic E-state index is 0.0696. The van der Waals surface area contributed by atoms with Crippen LogP contribution in [0.4, 0.5) is 4.79 Å². The van der Waals surface area contributed by atoms with Crippen molar-refractivity contribution in [2.45, 2.75) is 26.3 Å². The number of urea groups is 1. The highest BCUT2D eigenvalue weighted by molar-refractivity contribution is 7.91. The summed E-state index contributed by atoms with van der Waals surface area (Å²) < 4.78 is 22.8. The Morgan fingerprint density at radius 1 is 1.21 bits per heavy atom. The highest BCUT2D eigenvalue weighted by Gasteiger charge is 2.28. The van der Waals surface area contributed by atoms with E-state index in [0.717, 1.165) is 0 Å². The molecular weight excluding hydrogens is 272 g/mol. The van der Waals surface area contributed by atoms with Crippen molar-refractivity contribution in [3.8, 4) is 0 Å². The molecule has 8 heteroatoms. The Bertz CT molecular complexity index is 446. The van der Waals surface area contributed by atoms with Gasteiger partial charge >= 0.3 is 12.0 Å². The molecule has 0 aromatic heterocycles. The van der Waals surface area contributed by atoms with Crippen molar-refractivity contribution in [3.63, 3.8) is 0 Å². The van der Waals surface area contributed by atoms with Crippen molar-refractivity contribution in [1.82, 2.24) is 10.2 Å². The summed E-state index contributed by atoms with van der Waals surface area (Å²) in [6.45, 7) is 3.84. The second-order valence-corrected chi connectivity index (χ2v) is 7.31. The summed E-state index contributed by atoms with van der Waals surface area (Å²) in [5.41, 5.74) is 0. The van der Waals surface area contributed by atoms with Gasteiger partial charge in [0, 0.05) is 13.1 Å². The van der Waals surface area contributed by atoms with Gasteiger partial charge in [0.2, 0.25) is 0 Å². The Kier molecular flexibility index (Phi) is 5.16. The molecule has 2 N–H and O–H groups in total. The lowest BCUT2D eigenvalue weighted by Crippen LogP contribution is -2.50. The first kappa shape index (κ1) is 15.7. The lowest BCUT2D eigenvalue weighted by atomic mass is 10.1. The van der Waals surface area contributed by atoms with E-state index in [1.54, 1.807) is 13.8 Å². The van der Waals surface area contributed by atoms with Crippen LogP contribution in [0.3, 0.4) is 0 Å². The third kappa shape index (κ3) is 4.70. The fourth-order valence-corrected chi connectivity index (χ4v) is 3.15. The van der Waals surface area contributed by atoms with Crippen LogP contribution in [0.2, 0.25) is 0 Å². The maximum atomic E-state index is 11.9. The van der Waals surface area contributed by atoms with Crippen molar-refractivity contribution in [2.24, 2.45) is 5.92 Å². The average molecular weight is 292 g/mol. The number of amides is 2. The van der Waals surface area contributed by atoms with Gasteiger partial charge in [-0.15, -0.1) is 0 Å². The van der Waals surface area contributed by atoms with Gasteiger partial charge in [-0.05, 0) is 12.3 Å². The summed E-state index contributed by atoms with van der Waals surface area (Å²) in [5, 5.41) is 11.4. The van der Waals surface area contributed by atoms with Crippen molar-refractivity contribution in [1.29, 1.82) is 0 Å². The standard InChI is InChI=1S/C11H20N2O5S/c1-8(2)9(10(14)15)12-11(16)13-4-3-6-19(17,18)7-5-13/h8-9H,3-7H2,1-2H3,(H,12,16)(H,14,15)/t9-/m0/s1. The highest BCUT2D eigenvalue weighted by Crippen LogP contribution is 2.07. The van der Waals surface area contributed by atoms with E-state index < -0.39 is 27.9 Å². The number of carbonyl (C=O) groups excluding carboxylic acids is 1. The van der Waals surface area contributed by atoms with E-state index in [1.807, 2.05) is 0 Å². The summed E-state index contributed by atoms with van der Waals surface area (Å²) in [4.78, 5) is 24.3. The number of aliphatic carboxylic acids is 1. The molecule has 1 heterocycles. The van der Waals surface area contributed by atoms with Crippen LogP contribution in [0.5, 0.6) is 0 Å². The number of carboxylic acids is 1. The minimum atomic E-state index is -3.08. The van der Waals surface area contributed by atoms with Crippen LogP contribution in [-0.2, 0) is 14.6 Å². The first-order valence-electron chi connectivity index (χ1n) is 6.21. The van der Waals surface area contributed by atoms with Crippen molar-refractivity contribution in [3.05, 3.63) is 0 Å². The van der Waals surface area contributed by atoms with Crippen LogP contribution in [0, 0.1) is 5.92 Å². The fraction of sp³-hybridized carbons (Fsp3) is 0.818. The normalized spacial score (nSPS) is 20.7. The molecule has 0 aliphatic carbocycles. The number of nitrogens with zero attached hydrogens (tertiary/aromatic N) is 1. The van der Waals surface area contributed by atoms with Crippen molar-refractivity contribution in [2.75, 3.05) is 24.6 Å². The zero-order valence-corrected chi connectivity index (χ0v) is 11.9. The van der Waals surface area contributed by atoms with E-state index in [2.05, 4.69) is 5.32 Å². The molecule has 110 valence electrons. The molecule has 0 spiro atoms. The number of hydrogen-bond acceptors (Lipinski definition) is 4. The molecule has 1 aliphatic rings. The number of carbonyl (C=O) groups is 2. The molecule has 0 bridgehead atoms. The second-order valence-electron chi connectivity index (χ2n) is 5.00. The highest BCUT2D eigenvalue weighted by atomic mass is 32.2. The third-order valence-corrected chi connectivity index (χ3v) is 4.77. The van der Waals surface area contributed by atoms with E-state index in [9.17, 15) is 18.0 Å². The minimum Gasteiger partial charge on any atom is -0.480 e. The topological polar surface area (TPSA) is 104 Å². The summed E-state index contributed by atoms with van der Waals surface area (Å²) >= 11 is 0. The number of hydrogen-bond donors (Lipinski definition) is 2. The molecule has 0 aromatic carbocycles. The van der Waals surface area contributed by atoms with E-state index >= 15 is 0 Å². The predicted molar refractivity (Wildman–Crippen MR) is 69.6 cm³/mol. The lowest BCUT2D eigenvalue weighted by molar-refractivity contribution is -0.140. The van der Waals surface area contributed by atoms with Crippen molar-refractivity contribution < 1.29 is 23.1 Å². The van der Waals surface area contributed by atoms with E-state index in [0.29, 0.717) is 13.0 Å². The first-order chi connectivity index (χ1) is 8.73. The molecule has 1 fully saturated rings. The number of nitrogens with one attached hydrogen (secondary N) is 1. The molecular formula is C11H20N2O5S. The van der Waals surface area contributed by atoms with Crippen LogP contribution in [0.25, 0.3) is 0 Å². The molecule has 1 saturated heterocycles. The largest absolute Gasteiger partial charge is 0.480 e. The third-order valence-electron chi connectivity index (χ3n) is 3.05. The lowest BCUT2D eigenvalue weighted by Gasteiger charge is -2.24. The van der Waals surface area contributed by atoms with Crippen LogP contribution in [-0.4, -0.2) is 61.1 Å². The Morgan fingerprint density at radius 2 is 1.84 bits per heavy atom. The summed E-state index contributed by atoms with van der Waals surface area (Å²) in [6, 6.07) is -1.48. The zero-order chi connectivity index (χ0) is 14.6. The molecule has 7 nitrogen and oxygen atoms in total. The van der Waals surface area contributed by atoms with Gasteiger partial charge in [-0.25, -0.2) is 18.0 Å². The zero-order valence-electron chi connectivity index (χ0n) is 11.1. The summed E-state index contributed by atoms with van der Waals surface area (Å²) in [5.74, 6) is -1.33. The molecule has 0 radical (unpaired) electrons. The molecule has 0 unspecified atom stereocenters. The van der Waals surface area contributed by atoms with E-state index in [1.165, 1.54) is 4.90 Å². The molecule has 0 aromatic rings. The quantitative estimate of drug-likeness (QED) is 0.757. The van der Waals surface area contributed by atoms with E-state index in [-0.39, 0.29) is 24.0 Å². The average Bonchev–Trinajstić information content (AvgIpc) is 2.46. The number of carboxylic acid groups (broad SMARTS) is 1. The van der Waals surface area contributed by atoms with Gasteiger partial charge in [-0.1, -0.05) is 13.8 Å². The van der Waals surface area contributed by atoms with Gasteiger partial charge in [0.15, 0.2) is 9.84 Å². The molecule has 0 saturated carbocycles. The smallest absolute Gasteiger partial charge is 0.326 e. The Hall–Kier alpha value is -1.31. The predicted octanol–water partition coefficient (Wildman–Crippen LogP) is -0.0743. The summed E-state index contributed by atoms with van der Waals surface area (Å²) in [6.07, 6.45) is 0.384. The van der Waals surface area contributed by atoms with Gasteiger partial charge in [-0.3, -0.25) is 0 Å². The van der Waals surface area contributed by atoms with Gasteiger partial charge in [0.25, 0.3) is 0 Å². The Morgan fingerprint density at radius 3 is 2.37 bits per heavy atom.